The number of nitrogens with one attached hydrogen (secondary N) is 1. The third-order valence-electron chi connectivity index (χ3n) is 3.84. The minimum Gasteiger partial charge on any atom is -0.493 e. The van der Waals surface area contributed by atoms with Crippen LogP contribution < -0.4 is 14.2 Å². The number of para-hydroxylation sites is 1. The highest BCUT2D eigenvalue weighted by Crippen LogP contribution is 2.36. The van der Waals surface area contributed by atoms with E-state index in [-0.39, 0.29) is 4.90 Å². The van der Waals surface area contributed by atoms with Gasteiger partial charge in [-0.3, -0.25) is 0 Å². The smallest absolute Gasteiger partial charge is 0.241 e. The number of hydrogen-bond donors (Lipinski definition) is 1. The van der Waals surface area contributed by atoms with Gasteiger partial charge in [-0.2, -0.15) is 0 Å². The van der Waals surface area contributed by atoms with E-state index in [4.69, 9.17) is 9.47 Å². The first-order chi connectivity index (χ1) is 11.9. The molecule has 0 aliphatic heterocycles. The normalized spacial score (nSPS) is 12.4. The van der Waals surface area contributed by atoms with Crippen molar-refractivity contribution in [2.24, 2.45) is 0 Å². The van der Waals surface area contributed by atoms with Crippen LogP contribution in [0.15, 0.2) is 60.0 Å². The molecule has 2 aromatic carbocycles. The molecular weight excluding hydrogens is 338 g/mol. The second-order valence-electron chi connectivity index (χ2n) is 5.59. The molecule has 0 radical (unpaired) electrons. The van der Waals surface area contributed by atoms with E-state index in [2.05, 4.69) is 11.3 Å². The zero-order chi connectivity index (χ0) is 18.4. The number of sulfonamides is 1. The number of aryl methyl sites for hydroxylation is 1. The largest absolute Gasteiger partial charge is 0.493 e. The summed E-state index contributed by atoms with van der Waals surface area (Å²) in [7, 11) is -0.614. The van der Waals surface area contributed by atoms with Crippen LogP contribution in [-0.4, -0.2) is 22.6 Å². The van der Waals surface area contributed by atoms with Crippen LogP contribution >= 0.6 is 0 Å². The molecule has 0 bridgehead atoms. The van der Waals surface area contributed by atoms with E-state index in [1.807, 2.05) is 13.0 Å². The molecule has 25 heavy (non-hydrogen) atoms. The highest BCUT2D eigenvalue weighted by molar-refractivity contribution is 7.89. The van der Waals surface area contributed by atoms with Crippen molar-refractivity contribution < 1.29 is 17.9 Å². The second-order valence-corrected chi connectivity index (χ2v) is 7.31. The van der Waals surface area contributed by atoms with Gasteiger partial charge in [-0.1, -0.05) is 35.9 Å². The summed E-state index contributed by atoms with van der Waals surface area (Å²) >= 11 is 0. The van der Waals surface area contributed by atoms with E-state index < -0.39 is 16.1 Å². The predicted octanol–water partition coefficient (Wildman–Crippen LogP) is 3.61. The van der Waals surface area contributed by atoms with Crippen LogP contribution in [-0.2, 0) is 10.0 Å². The summed E-state index contributed by atoms with van der Waals surface area (Å²) in [5, 5.41) is 0. The fourth-order valence-electron chi connectivity index (χ4n) is 2.56. The van der Waals surface area contributed by atoms with E-state index in [0.29, 0.717) is 23.5 Å². The van der Waals surface area contributed by atoms with Crippen LogP contribution in [0, 0.1) is 6.92 Å². The Kier molecular flexibility index (Phi) is 6.22. The van der Waals surface area contributed by atoms with Gasteiger partial charge in [-0.15, -0.1) is 6.58 Å². The molecule has 0 aliphatic rings. The van der Waals surface area contributed by atoms with Crippen molar-refractivity contribution in [2.45, 2.75) is 24.3 Å². The summed E-state index contributed by atoms with van der Waals surface area (Å²) < 4.78 is 39.0. The molecule has 0 aliphatic carbocycles. The van der Waals surface area contributed by atoms with Crippen molar-refractivity contribution in [3.8, 4) is 11.5 Å². The maximum Gasteiger partial charge on any atom is 0.241 e. The van der Waals surface area contributed by atoms with Crippen molar-refractivity contribution in [1.82, 2.24) is 4.72 Å². The fraction of sp³-hybridized carbons (Fsp3) is 0.263. The quantitative estimate of drug-likeness (QED) is 0.730. The number of methoxy groups -OCH3 is 2. The van der Waals surface area contributed by atoms with Crippen molar-refractivity contribution in [1.29, 1.82) is 0 Å². The Balaban J connectivity index is 2.42. The van der Waals surface area contributed by atoms with E-state index in [9.17, 15) is 8.42 Å². The van der Waals surface area contributed by atoms with Gasteiger partial charge in [0.2, 0.25) is 10.0 Å². The number of rotatable bonds is 8. The lowest BCUT2D eigenvalue weighted by Gasteiger charge is -2.21. The lowest BCUT2D eigenvalue weighted by atomic mass is 10.0. The van der Waals surface area contributed by atoms with E-state index in [1.54, 1.807) is 49.6 Å². The fourth-order valence-corrected chi connectivity index (χ4v) is 3.79. The summed E-state index contributed by atoms with van der Waals surface area (Å²) in [6.07, 6.45) is 2.08. The maximum absolute atomic E-state index is 12.7. The molecule has 1 atom stereocenters. The first kappa shape index (κ1) is 19.0. The molecule has 6 heteroatoms. The summed E-state index contributed by atoms with van der Waals surface area (Å²) in [5.41, 5.74) is 1.69. The molecule has 5 nitrogen and oxygen atoms in total. The van der Waals surface area contributed by atoms with Gasteiger partial charge in [-0.25, -0.2) is 13.1 Å². The lowest BCUT2D eigenvalue weighted by Crippen LogP contribution is -2.28. The molecule has 2 rings (SSSR count). The highest BCUT2D eigenvalue weighted by Gasteiger charge is 2.24. The minimum absolute atomic E-state index is 0.217. The Morgan fingerprint density at radius 3 is 2.36 bits per heavy atom. The minimum atomic E-state index is -3.69. The van der Waals surface area contributed by atoms with E-state index >= 15 is 0 Å². The van der Waals surface area contributed by atoms with Gasteiger partial charge >= 0.3 is 0 Å². The van der Waals surface area contributed by atoms with Gasteiger partial charge in [-0.05, 0) is 31.5 Å². The summed E-state index contributed by atoms with van der Waals surface area (Å²) in [6, 6.07) is 11.6. The van der Waals surface area contributed by atoms with Crippen molar-refractivity contribution in [3.63, 3.8) is 0 Å². The SMILES string of the molecule is C=CCC(NS(=O)(=O)c1ccc(C)cc1)c1cccc(OC)c1OC. The molecule has 0 fully saturated rings. The standard InChI is InChI=1S/C19H23NO4S/c1-5-7-17(16-8-6-9-18(23-3)19(16)24-4)20-25(21,22)15-12-10-14(2)11-13-15/h5-6,8-13,17,20H,1,7H2,2-4H3. The molecule has 0 amide bonds. The average molecular weight is 361 g/mol. The van der Waals surface area contributed by atoms with E-state index in [0.717, 1.165) is 5.56 Å². The van der Waals surface area contributed by atoms with Gasteiger partial charge in [0.25, 0.3) is 0 Å². The molecule has 1 N–H and O–H groups in total. The number of benzene rings is 2. The lowest BCUT2D eigenvalue weighted by molar-refractivity contribution is 0.348. The maximum atomic E-state index is 12.7. The van der Waals surface area contributed by atoms with Crippen molar-refractivity contribution in [2.75, 3.05) is 14.2 Å². The van der Waals surface area contributed by atoms with Crippen LogP contribution in [0.3, 0.4) is 0 Å². The molecule has 0 spiro atoms. The van der Waals surface area contributed by atoms with E-state index in [1.165, 1.54) is 7.11 Å². The molecule has 0 heterocycles. The third-order valence-corrected chi connectivity index (χ3v) is 5.33. The molecule has 0 saturated carbocycles. The second kappa shape index (κ2) is 8.18. The van der Waals surface area contributed by atoms with Crippen LogP contribution in [0.25, 0.3) is 0 Å². The van der Waals surface area contributed by atoms with Crippen molar-refractivity contribution in [3.05, 3.63) is 66.2 Å². The van der Waals surface area contributed by atoms with Gasteiger partial charge in [0.05, 0.1) is 25.2 Å². The Hall–Kier alpha value is -2.31. The first-order valence-corrected chi connectivity index (χ1v) is 9.32. The van der Waals surface area contributed by atoms with Crippen LogP contribution in [0.5, 0.6) is 11.5 Å². The molecule has 0 aromatic heterocycles. The molecule has 2 aromatic rings. The number of hydrogen-bond acceptors (Lipinski definition) is 4. The summed E-state index contributed by atoms with van der Waals surface area (Å²) in [4.78, 5) is 0.217. The van der Waals surface area contributed by atoms with Gasteiger partial charge in [0.1, 0.15) is 0 Å². The topological polar surface area (TPSA) is 64.6 Å². The van der Waals surface area contributed by atoms with Crippen LogP contribution in [0.1, 0.15) is 23.6 Å². The van der Waals surface area contributed by atoms with Crippen LogP contribution in [0.4, 0.5) is 0 Å². The average Bonchev–Trinajstić information content (AvgIpc) is 2.60. The summed E-state index contributed by atoms with van der Waals surface area (Å²) in [5.74, 6) is 1.05. The third kappa shape index (κ3) is 4.41. The number of ether oxygens (including phenoxy) is 2. The zero-order valence-corrected chi connectivity index (χ0v) is 15.5. The molecule has 134 valence electrons. The molecule has 0 saturated heterocycles. The Bertz CT molecular complexity index is 829. The van der Waals surface area contributed by atoms with Crippen molar-refractivity contribution >= 4 is 10.0 Å². The first-order valence-electron chi connectivity index (χ1n) is 7.83. The monoisotopic (exact) mass is 361 g/mol. The zero-order valence-electron chi connectivity index (χ0n) is 14.7. The molecular formula is C19H23NO4S. The van der Waals surface area contributed by atoms with Gasteiger partial charge in [0.15, 0.2) is 11.5 Å². The summed E-state index contributed by atoms with van der Waals surface area (Å²) in [6.45, 7) is 5.64. The molecule has 1 unspecified atom stereocenters. The Morgan fingerprint density at radius 2 is 1.80 bits per heavy atom. The Labute approximate surface area is 149 Å². The van der Waals surface area contributed by atoms with Gasteiger partial charge < -0.3 is 9.47 Å². The highest BCUT2D eigenvalue weighted by atomic mass is 32.2. The van der Waals surface area contributed by atoms with Gasteiger partial charge in [0, 0.05) is 5.56 Å². The van der Waals surface area contributed by atoms with Crippen LogP contribution in [0.2, 0.25) is 0 Å². The predicted molar refractivity (Wildman–Crippen MR) is 98.6 cm³/mol. The Morgan fingerprint density at radius 1 is 1.12 bits per heavy atom.